The molecule has 1 aliphatic rings. The van der Waals surface area contributed by atoms with E-state index in [1.807, 2.05) is 11.6 Å². The summed E-state index contributed by atoms with van der Waals surface area (Å²) in [5.74, 6) is -1.30. The topological polar surface area (TPSA) is 143 Å². The highest BCUT2D eigenvalue weighted by molar-refractivity contribution is 7.90. The lowest BCUT2D eigenvalue weighted by molar-refractivity contribution is -0.159. The first-order valence-electron chi connectivity index (χ1n) is 13.1. The number of hydrogen-bond acceptors (Lipinski definition) is 9. The van der Waals surface area contributed by atoms with Crippen LogP contribution in [0.1, 0.15) is 37.4 Å². The minimum atomic E-state index is -4.69. The van der Waals surface area contributed by atoms with Crippen LogP contribution < -0.4 is 14.6 Å². The number of carbonyl (C=O) groups excluding carboxylic acids is 2. The first-order valence-corrected chi connectivity index (χ1v) is 14.6. The summed E-state index contributed by atoms with van der Waals surface area (Å²) in [6.45, 7) is 3.41. The van der Waals surface area contributed by atoms with Gasteiger partial charge in [0.2, 0.25) is 0 Å². The third-order valence-electron chi connectivity index (χ3n) is 6.65. The Morgan fingerprint density at radius 3 is 2.47 bits per heavy atom. The Balaban J connectivity index is 1.30. The number of aromatic nitrogens is 4. The van der Waals surface area contributed by atoms with E-state index in [4.69, 9.17) is 14.2 Å². The number of benzene rings is 2. The molecule has 1 saturated heterocycles. The molecule has 3 heterocycles. The molecule has 13 nitrogen and oxygen atoms in total. The van der Waals surface area contributed by atoms with Crippen molar-refractivity contribution in [2.45, 2.75) is 50.2 Å². The van der Waals surface area contributed by atoms with Gasteiger partial charge in [0.15, 0.2) is 5.69 Å². The van der Waals surface area contributed by atoms with Crippen LogP contribution in [0.25, 0.3) is 16.9 Å². The SMILES string of the molecule is CCC(=O)OCOn1on1N1CCCC1C(=O)NS(=O)(=O)c1ccc(-n2nc(C(F)(F)F)cc2-c2ccc(C)cc2)cc1. The molecule has 0 radical (unpaired) electrons. The normalized spacial score (nSPS) is 15.6. The van der Waals surface area contributed by atoms with Gasteiger partial charge in [-0.2, -0.15) is 22.9 Å². The van der Waals surface area contributed by atoms with Crippen molar-refractivity contribution in [3.63, 3.8) is 0 Å². The number of rotatable bonds is 10. The van der Waals surface area contributed by atoms with Crippen molar-refractivity contribution < 1.29 is 45.4 Å². The van der Waals surface area contributed by atoms with Crippen LogP contribution in [0, 0.1) is 6.92 Å². The average Bonchev–Trinajstić information content (AvgIpc) is 3.33. The van der Waals surface area contributed by atoms with Crippen LogP contribution in [0.2, 0.25) is 0 Å². The van der Waals surface area contributed by atoms with E-state index in [0.29, 0.717) is 24.9 Å². The van der Waals surface area contributed by atoms with Crippen molar-refractivity contribution in [3.8, 4) is 16.9 Å². The molecule has 0 spiro atoms. The first-order chi connectivity index (χ1) is 20.4. The molecular formula is C26H27F3N6O7S. The van der Waals surface area contributed by atoms with Crippen molar-refractivity contribution in [3.05, 3.63) is 65.9 Å². The molecule has 1 fully saturated rings. The number of aryl methyl sites for hydroxylation is 1. The lowest BCUT2D eigenvalue weighted by Crippen LogP contribution is -2.49. The molecule has 2 aromatic carbocycles. The van der Waals surface area contributed by atoms with E-state index in [1.54, 1.807) is 31.2 Å². The molecule has 5 rings (SSSR count). The Hall–Kier alpha value is -4.67. The fourth-order valence-corrected chi connectivity index (χ4v) is 5.41. The van der Waals surface area contributed by atoms with Gasteiger partial charge >= 0.3 is 12.1 Å². The summed E-state index contributed by atoms with van der Waals surface area (Å²) in [5, 5.41) is 6.05. The molecule has 17 heteroatoms. The second-order valence-electron chi connectivity index (χ2n) is 9.66. The number of sulfonamides is 1. The quantitative estimate of drug-likeness (QED) is 0.208. The summed E-state index contributed by atoms with van der Waals surface area (Å²) in [6.07, 6.45) is -3.66. The number of nitrogens with one attached hydrogen (secondary N) is 1. The molecule has 230 valence electrons. The minimum absolute atomic E-state index is 0.163. The molecule has 1 N–H and O–H groups in total. The zero-order valence-corrected chi connectivity index (χ0v) is 23.8. The van der Waals surface area contributed by atoms with E-state index in [-0.39, 0.29) is 22.7 Å². The van der Waals surface area contributed by atoms with Gasteiger partial charge in [-0.25, -0.2) is 22.8 Å². The summed E-state index contributed by atoms with van der Waals surface area (Å²) in [7, 11) is -4.35. The monoisotopic (exact) mass is 624 g/mol. The Morgan fingerprint density at radius 1 is 1.12 bits per heavy atom. The van der Waals surface area contributed by atoms with Gasteiger partial charge in [0.25, 0.3) is 22.7 Å². The Kier molecular flexibility index (Phi) is 8.00. The van der Waals surface area contributed by atoms with Gasteiger partial charge in [-0.05, 0) is 50.1 Å². The number of ether oxygens (including phenoxy) is 1. The summed E-state index contributed by atoms with van der Waals surface area (Å²) in [4.78, 5) is 30.1. The predicted molar refractivity (Wildman–Crippen MR) is 143 cm³/mol. The van der Waals surface area contributed by atoms with E-state index in [0.717, 1.165) is 26.3 Å². The van der Waals surface area contributed by atoms with Crippen LogP contribution in [-0.4, -0.2) is 59.4 Å². The van der Waals surface area contributed by atoms with Gasteiger partial charge in [0.05, 0.1) is 21.2 Å². The number of carbonyl (C=O) groups is 2. The van der Waals surface area contributed by atoms with Crippen LogP contribution in [0.5, 0.6) is 0 Å². The van der Waals surface area contributed by atoms with Gasteiger partial charge in [0, 0.05) is 18.5 Å². The van der Waals surface area contributed by atoms with Crippen molar-refractivity contribution in [2.75, 3.05) is 18.3 Å². The Morgan fingerprint density at radius 2 is 1.81 bits per heavy atom. The van der Waals surface area contributed by atoms with Gasteiger partial charge in [-0.1, -0.05) is 36.8 Å². The van der Waals surface area contributed by atoms with Gasteiger partial charge in [-0.15, -0.1) is 0 Å². The maximum Gasteiger partial charge on any atom is 0.435 e. The number of halogens is 3. The average molecular weight is 625 g/mol. The lowest BCUT2D eigenvalue weighted by Gasteiger charge is -2.19. The predicted octanol–water partition coefficient (Wildman–Crippen LogP) is 3.01. The highest BCUT2D eigenvalue weighted by atomic mass is 32.2. The largest absolute Gasteiger partial charge is 0.435 e. The lowest BCUT2D eigenvalue weighted by atomic mass is 10.1. The molecule has 43 heavy (non-hydrogen) atoms. The fraction of sp³-hybridized carbons (Fsp3) is 0.346. The summed E-state index contributed by atoms with van der Waals surface area (Å²) in [5.41, 5.74) is 0.651. The number of alkyl halides is 3. The minimum Gasteiger partial charge on any atom is -0.426 e. The van der Waals surface area contributed by atoms with Gasteiger partial charge in [0.1, 0.15) is 11.1 Å². The molecule has 1 atom stereocenters. The number of nitrogens with zero attached hydrogens (tertiary/aromatic N) is 5. The molecule has 4 aromatic rings. The Bertz CT molecular complexity index is 1700. The fourth-order valence-electron chi connectivity index (χ4n) is 4.39. The first kappa shape index (κ1) is 29.8. The van der Waals surface area contributed by atoms with E-state index < -0.39 is 46.6 Å². The third kappa shape index (κ3) is 6.55. The number of esters is 1. The Labute approximate surface area is 243 Å². The smallest absolute Gasteiger partial charge is 0.426 e. The molecule has 1 amide bonds. The van der Waals surface area contributed by atoms with Crippen molar-refractivity contribution in [1.29, 1.82) is 0 Å². The standard InChI is InChI=1S/C26H27F3N6O7S/c1-3-24(36)40-16-41-35-34(42-35)32-14-4-5-21(32)25(37)31-43(38,39)20-12-10-19(11-13-20)33-22(15-23(30-33)26(27,28)29)18-8-6-17(2)7-9-18/h6-13,15,21H,3-5,14,16H2,1-2H3,(H,31,37). The van der Waals surface area contributed by atoms with Crippen LogP contribution in [0.15, 0.2) is 64.1 Å². The molecule has 2 aromatic heterocycles. The van der Waals surface area contributed by atoms with Crippen molar-refractivity contribution in [1.82, 2.24) is 24.5 Å². The molecular weight excluding hydrogens is 597 g/mol. The zero-order chi connectivity index (χ0) is 30.9. The van der Waals surface area contributed by atoms with E-state index in [2.05, 4.69) is 5.10 Å². The van der Waals surface area contributed by atoms with Crippen molar-refractivity contribution in [2.24, 2.45) is 0 Å². The van der Waals surface area contributed by atoms with E-state index in [9.17, 15) is 31.2 Å². The van der Waals surface area contributed by atoms with E-state index in [1.165, 1.54) is 29.3 Å². The highest BCUT2D eigenvalue weighted by Crippen LogP contribution is 2.33. The van der Waals surface area contributed by atoms with Crippen molar-refractivity contribution >= 4 is 21.9 Å². The van der Waals surface area contributed by atoms with Gasteiger partial charge < -0.3 is 9.57 Å². The zero-order valence-electron chi connectivity index (χ0n) is 22.9. The van der Waals surface area contributed by atoms with E-state index >= 15 is 0 Å². The molecule has 0 saturated carbocycles. The second-order valence-corrected chi connectivity index (χ2v) is 11.3. The maximum absolute atomic E-state index is 13.5. The molecule has 1 unspecified atom stereocenters. The molecule has 1 aliphatic heterocycles. The summed E-state index contributed by atoms with van der Waals surface area (Å²) in [6, 6.07) is 11.8. The van der Waals surface area contributed by atoms with Gasteiger partial charge in [-0.3, -0.25) is 9.59 Å². The summed E-state index contributed by atoms with van der Waals surface area (Å²) < 4.78 is 79.6. The van der Waals surface area contributed by atoms with Crippen LogP contribution in [-0.2, 0) is 30.5 Å². The highest BCUT2D eigenvalue weighted by Gasteiger charge is 2.39. The number of hydrogen-bond donors (Lipinski definition) is 1. The summed E-state index contributed by atoms with van der Waals surface area (Å²) >= 11 is 0. The second kappa shape index (κ2) is 11.5. The number of amides is 1. The van der Waals surface area contributed by atoms with Crippen LogP contribution in [0.4, 0.5) is 13.2 Å². The molecule has 0 aliphatic carbocycles. The molecule has 0 bridgehead atoms. The van der Waals surface area contributed by atoms with Crippen LogP contribution >= 0.6 is 0 Å². The van der Waals surface area contributed by atoms with Crippen LogP contribution in [0.3, 0.4) is 0 Å². The maximum atomic E-state index is 13.5. The third-order valence-corrected chi connectivity index (χ3v) is 8.01.